The van der Waals surface area contributed by atoms with Crippen molar-refractivity contribution in [1.82, 2.24) is 4.90 Å². The zero-order chi connectivity index (χ0) is 20.8. The lowest BCUT2D eigenvalue weighted by Crippen LogP contribution is -2.49. The van der Waals surface area contributed by atoms with Gasteiger partial charge in [-0.25, -0.2) is 0 Å². The Morgan fingerprint density at radius 1 is 1.21 bits per heavy atom. The Balaban J connectivity index is 1.24. The van der Waals surface area contributed by atoms with Crippen LogP contribution in [0.1, 0.15) is 45.6 Å². The SMILES string of the molecule is Cc1ccc(Cl)cc1N1CCN(C[C@H](O)CO[C@H]2C[C@H]3CC[C@@]2(C)C3(C)C)CC1. The average molecular weight is 421 g/mol. The summed E-state index contributed by atoms with van der Waals surface area (Å²) in [7, 11) is 0. The molecule has 3 fully saturated rings. The maximum absolute atomic E-state index is 10.6. The monoisotopic (exact) mass is 420 g/mol. The number of aliphatic hydroxyl groups excluding tert-OH is 1. The maximum atomic E-state index is 10.6. The minimum atomic E-state index is -0.416. The van der Waals surface area contributed by atoms with Crippen LogP contribution in [0.3, 0.4) is 0 Å². The van der Waals surface area contributed by atoms with Crippen molar-refractivity contribution in [3.05, 3.63) is 28.8 Å². The third-order valence-electron chi connectivity index (χ3n) is 8.56. The summed E-state index contributed by atoms with van der Waals surface area (Å²) in [6.45, 7) is 14.3. The number of piperazine rings is 1. The third-order valence-corrected chi connectivity index (χ3v) is 8.79. The summed E-state index contributed by atoms with van der Waals surface area (Å²) in [5.74, 6) is 0.776. The van der Waals surface area contributed by atoms with Gasteiger partial charge < -0.3 is 14.7 Å². The van der Waals surface area contributed by atoms with Crippen LogP contribution in [0.2, 0.25) is 5.02 Å². The Labute approximate surface area is 181 Å². The van der Waals surface area contributed by atoms with E-state index in [1.807, 2.05) is 6.07 Å². The first-order valence-corrected chi connectivity index (χ1v) is 11.6. The fourth-order valence-corrected chi connectivity index (χ4v) is 6.22. The number of rotatable bonds is 6. The molecule has 1 aromatic rings. The highest BCUT2D eigenvalue weighted by atomic mass is 35.5. The first-order chi connectivity index (χ1) is 13.7. The number of fused-ring (bicyclic) bond motifs is 2. The molecule has 2 bridgehead atoms. The van der Waals surface area contributed by atoms with Crippen molar-refractivity contribution < 1.29 is 9.84 Å². The number of nitrogens with zero attached hydrogens (tertiary/aromatic N) is 2. The minimum absolute atomic E-state index is 0.262. The molecular formula is C24H37ClN2O2. The van der Waals surface area contributed by atoms with Crippen molar-refractivity contribution in [2.24, 2.45) is 16.7 Å². The summed E-state index contributed by atoms with van der Waals surface area (Å²) in [4.78, 5) is 4.76. The molecule has 0 spiro atoms. The minimum Gasteiger partial charge on any atom is -0.389 e. The molecule has 29 heavy (non-hydrogen) atoms. The van der Waals surface area contributed by atoms with Gasteiger partial charge in [0, 0.05) is 43.4 Å². The van der Waals surface area contributed by atoms with Gasteiger partial charge in [0.2, 0.25) is 0 Å². The van der Waals surface area contributed by atoms with Crippen LogP contribution in [0.5, 0.6) is 0 Å². The highest BCUT2D eigenvalue weighted by Gasteiger charge is 2.61. The van der Waals surface area contributed by atoms with E-state index in [9.17, 15) is 5.11 Å². The summed E-state index contributed by atoms with van der Waals surface area (Å²) in [6.07, 6.45) is 3.64. The molecule has 2 aliphatic carbocycles. The Morgan fingerprint density at radius 2 is 1.93 bits per heavy atom. The van der Waals surface area contributed by atoms with Gasteiger partial charge in [-0.1, -0.05) is 38.4 Å². The fraction of sp³-hybridized carbons (Fsp3) is 0.750. The first-order valence-electron chi connectivity index (χ1n) is 11.2. The molecular weight excluding hydrogens is 384 g/mol. The normalized spacial score (nSPS) is 32.7. The topological polar surface area (TPSA) is 35.9 Å². The quantitative estimate of drug-likeness (QED) is 0.741. The summed E-state index contributed by atoms with van der Waals surface area (Å²) >= 11 is 6.19. The molecule has 0 unspecified atom stereocenters. The van der Waals surface area contributed by atoms with Crippen molar-refractivity contribution in [3.8, 4) is 0 Å². The predicted octanol–water partition coefficient (Wildman–Crippen LogP) is 4.36. The van der Waals surface area contributed by atoms with Crippen molar-refractivity contribution in [2.75, 3.05) is 44.2 Å². The van der Waals surface area contributed by atoms with Gasteiger partial charge in [-0.3, -0.25) is 4.90 Å². The molecule has 0 radical (unpaired) electrons. The van der Waals surface area contributed by atoms with Crippen molar-refractivity contribution in [1.29, 1.82) is 0 Å². The summed E-state index contributed by atoms with van der Waals surface area (Å²) in [6, 6.07) is 6.10. The van der Waals surface area contributed by atoms with E-state index < -0.39 is 6.10 Å². The van der Waals surface area contributed by atoms with Crippen LogP contribution in [-0.4, -0.2) is 61.5 Å². The van der Waals surface area contributed by atoms with Crippen molar-refractivity contribution in [3.63, 3.8) is 0 Å². The Bertz CT molecular complexity index is 732. The van der Waals surface area contributed by atoms with Crippen LogP contribution in [-0.2, 0) is 4.74 Å². The molecule has 4 rings (SSSR count). The number of aryl methyl sites for hydroxylation is 1. The molecule has 0 amide bonds. The second-order valence-electron chi connectivity index (χ2n) is 10.3. The predicted molar refractivity (Wildman–Crippen MR) is 120 cm³/mol. The van der Waals surface area contributed by atoms with Gasteiger partial charge in [-0.15, -0.1) is 0 Å². The third kappa shape index (κ3) is 3.94. The number of hydrogen-bond acceptors (Lipinski definition) is 4. The summed E-state index contributed by atoms with van der Waals surface area (Å²) < 4.78 is 6.30. The number of β-amino-alcohol motifs (C(OH)–C–C–N with tert-alkyl or cyclic N) is 1. The molecule has 1 aliphatic heterocycles. The Morgan fingerprint density at radius 3 is 2.55 bits per heavy atom. The van der Waals surface area contributed by atoms with Crippen LogP contribution < -0.4 is 4.90 Å². The van der Waals surface area contributed by atoms with Gasteiger partial charge >= 0.3 is 0 Å². The van der Waals surface area contributed by atoms with Crippen LogP contribution in [0.25, 0.3) is 0 Å². The van der Waals surface area contributed by atoms with E-state index >= 15 is 0 Å². The highest BCUT2D eigenvalue weighted by Crippen LogP contribution is 2.66. The smallest absolute Gasteiger partial charge is 0.0900 e. The van der Waals surface area contributed by atoms with E-state index in [2.05, 4.69) is 49.6 Å². The lowest BCUT2D eigenvalue weighted by Gasteiger charge is -2.40. The van der Waals surface area contributed by atoms with E-state index in [4.69, 9.17) is 16.3 Å². The van der Waals surface area contributed by atoms with Gasteiger partial charge in [-0.2, -0.15) is 0 Å². The number of benzene rings is 1. The lowest BCUT2D eigenvalue weighted by molar-refractivity contribution is -0.0794. The van der Waals surface area contributed by atoms with Gasteiger partial charge in [0.25, 0.3) is 0 Å². The number of anilines is 1. The molecule has 4 nitrogen and oxygen atoms in total. The number of hydrogen-bond donors (Lipinski definition) is 1. The molecule has 3 aliphatic rings. The molecule has 5 heteroatoms. The average Bonchev–Trinajstić information content (AvgIpc) is 3.02. The van der Waals surface area contributed by atoms with Crippen LogP contribution >= 0.6 is 11.6 Å². The fourth-order valence-electron chi connectivity index (χ4n) is 6.05. The van der Waals surface area contributed by atoms with Crippen LogP contribution in [0, 0.1) is 23.7 Å². The van der Waals surface area contributed by atoms with Gasteiger partial charge in [0.1, 0.15) is 0 Å². The van der Waals surface area contributed by atoms with E-state index in [-0.39, 0.29) is 5.41 Å². The Hall–Kier alpha value is -0.810. The van der Waals surface area contributed by atoms with E-state index in [1.54, 1.807) is 0 Å². The summed E-state index contributed by atoms with van der Waals surface area (Å²) in [5.41, 5.74) is 3.11. The lowest BCUT2D eigenvalue weighted by atomic mass is 9.70. The number of halogens is 1. The molecule has 4 atom stereocenters. The second kappa shape index (κ2) is 8.03. The van der Waals surface area contributed by atoms with Gasteiger partial charge in [0.05, 0.1) is 18.8 Å². The number of ether oxygens (including phenoxy) is 1. The Kier molecular flexibility index (Phi) is 5.93. The van der Waals surface area contributed by atoms with Gasteiger partial charge in [0.15, 0.2) is 0 Å². The van der Waals surface area contributed by atoms with E-state index in [0.717, 1.165) is 43.5 Å². The highest BCUT2D eigenvalue weighted by molar-refractivity contribution is 6.30. The molecule has 1 saturated heterocycles. The van der Waals surface area contributed by atoms with Crippen molar-refractivity contribution in [2.45, 2.75) is 59.2 Å². The summed E-state index contributed by atoms with van der Waals surface area (Å²) in [5, 5.41) is 11.4. The van der Waals surface area contributed by atoms with Crippen LogP contribution in [0.15, 0.2) is 18.2 Å². The standard InChI is InChI=1S/C24H37ClN2O2/c1-17-5-6-19(25)14-21(17)27-11-9-26(10-12-27)15-20(28)16-29-22-13-18-7-8-24(22,4)23(18,2)3/h5-6,14,18,20,22,28H,7-13,15-16H2,1-4H3/t18-,20+,22+,24-/m1/s1. The molecule has 162 valence electrons. The number of aliphatic hydroxyl groups is 1. The zero-order valence-corrected chi connectivity index (χ0v) is 19.2. The second-order valence-corrected chi connectivity index (χ2v) is 10.7. The zero-order valence-electron chi connectivity index (χ0n) is 18.5. The maximum Gasteiger partial charge on any atom is 0.0900 e. The molecule has 1 heterocycles. The van der Waals surface area contributed by atoms with Crippen LogP contribution in [0.4, 0.5) is 5.69 Å². The molecule has 1 aromatic carbocycles. The van der Waals surface area contributed by atoms with Crippen molar-refractivity contribution >= 4 is 17.3 Å². The van der Waals surface area contributed by atoms with E-state index in [1.165, 1.54) is 24.1 Å². The molecule has 0 aromatic heterocycles. The van der Waals surface area contributed by atoms with E-state index in [0.29, 0.717) is 24.7 Å². The molecule has 1 N–H and O–H groups in total. The van der Waals surface area contributed by atoms with Gasteiger partial charge in [-0.05, 0) is 60.6 Å². The molecule has 2 saturated carbocycles. The largest absolute Gasteiger partial charge is 0.389 e. The first kappa shape index (κ1) is 21.4.